The Kier molecular flexibility index (Phi) is 5.15. The Balaban J connectivity index is 1.54. The molecule has 4 rings (SSSR count). The first-order valence-corrected chi connectivity index (χ1v) is 11.1. The summed E-state index contributed by atoms with van der Waals surface area (Å²) in [5, 5.41) is 8.70. The van der Waals surface area contributed by atoms with Crippen LogP contribution in [0.4, 0.5) is 0 Å². The third-order valence-electron chi connectivity index (χ3n) is 5.34. The van der Waals surface area contributed by atoms with Crippen molar-refractivity contribution in [1.82, 2.24) is 24.6 Å². The average molecular weight is 404 g/mol. The van der Waals surface area contributed by atoms with Gasteiger partial charge in [0.05, 0.1) is 24.1 Å². The van der Waals surface area contributed by atoms with Gasteiger partial charge in [-0.15, -0.1) is 10.2 Å². The number of H-pyrrole nitrogens is 1. The number of aromatic nitrogens is 5. The molecule has 1 unspecified atom stereocenters. The normalized spacial score (nSPS) is 23.4. The van der Waals surface area contributed by atoms with E-state index in [0.717, 1.165) is 29.8 Å². The molecular weight excluding hydrogens is 380 g/mol. The van der Waals surface area contributed by atoms with E-state index < -0.39 is 10.0 Å². The third kappa shape index (κ3) is 3.66. The summed E-state index contributed by atoms with van der Waals surface area (Å²) >= 11 is 0. The second-order valence-electron chi connectivity index (χ2n) is 7.27. The minimum absolute atomic E-state index is 0.0870. The monoisotopic (exact) mass is 404 g/mol. The van der Waals surface area contributed by atoms with E-state index in [1.807, 2.05) is 23.6 Å². The summed E-state index contributed by atoms with van der Waals surface area (Å²) in [4.78, 5) is 7.46. The van der Waals surface area contributed by atoms with Crippen LogP contribution < -0.4 is 0 Å². The Morgan fingerprint density at radius 3 is 3.07 bits per heavy atom. The van der Waals surface area contributed by atoms with Crippen LogP contribution in [-0.4, -0.2) is 58.2 Å². The van der Waals surface area contributed by atoms with E-state index in [1.54, 1.807) is 12.4 Å². The van der Waals surface area contributed by atoms with Gasteiger partial charge in [-0.3, -0.25) is 4.40 Å². The molecule has 0 spiro atoms. The summed E-state index contributed by atoms with van der Waals surface area (Å²) in [5.74, 6) is 1.42. The van der Waals surface area contributed by atoms with E-state index in [4.69, 9.17) is 4.74 Å². The molecule has 10 heteroatoms. The van der Waals surface area contributed by atoms with Gasteiger partial charge in [-0.1, -0.05) is 6.92 Å². The van der Waals surface area contributed by atoms with Crippen molar-refractivity contribution >= 4 is 33.0 Å². The molecule has 0 amide bonds. The fourth-order valence-electron chi connectivity index (χ4n) is 3.96. The van der Waals surface area contributed by atoms with Gasteiger partial charge in [-0.25, -0.2) is 13.4 Å². The molecule has 9 nitrogen and oxygen atoms in total. The van der Waals surface area contributed by atoms with E-state index in [9.17, 15) is 8.42 Å². The van der Waals surface area contributed by atoms with Crippen LogP contribution in [0.2, 0.25) is 0 Å². The van der Waals surface area contributed by atoms with E-state index in [-0.39, 0.29) is 24.2 Å². The molecule has 1 fully saturated rings. The predicted octanol–water partition coefficient (Wildman–Crippen LogP) is 2.17. The molecule has 1 saturated carbocycles. The minimum atomic E-state index is -3.49. The fraction of sp³-hybridized carbons (Fsp3) is 0.556. The van der Waals surface area contributed by atoms with Crippen LogP contribution in [0.15, 0.2) is 22.9 Å². The highest BCUT2D eigenvalue weighted by atomic mass is 32.2. The van der Waals surface area contributed by atoms with Crippen molar-refractivity contribution in [2.24, 2.45) is 16.2 Å². The van der Waals surface area contributed by atoms with Crippen molar-refractivity contribution < 1.29 is 13.2 Å². The van der Waals surface area contributed by atoms with Crippen molar-refractivity contribution in [3.05, 3.63) is 24.3 Å². The van der Waals surface area contributed by atoms with Crippen molar-refractivity contribution in [3.63, 3.8) is 0 Å². The molecule has 0 radical (unpaired) electrons. The molecule has 1 aliphatic rings. The first kappa shape index (κ1) is 19.0. The number of sulfonamides is 1. The van der Waals surface area contributed by atoms with Crippen LogP contribution >= 0.6 is 0 Å². The van der Waals surface area contributed by atoms with Crippen molar-refractivity contribution in [1.29, 1.82) is 0 Å². The smallest absolute Gasteiger partial charge is 0.255 e. The summed E-state index contributed by atoms with van der Waals surface area (Å²) in [6.45, 7) is 4.67. The number of fused-ring (bicyclic) bond motifs is 3. The van der Waals surface area contributed by atoms with E-state index >= 15 is 0 Å². The van der Waals surface area contributed by atoms with Gasteiger partial charge in [0.1, 0.15) is 5.82 Å². The first-order valence-electron chi connectivity index (χ1n) is 9.51. The van der Waals surface area contributed by atoms with Gasteiger partial charge >= 0.3 is 0 Å². The topological polar surface area (TPSA) is 115 Å². The standard InChI is InChI=1S/C18H24N6O3S/c1-3-27-6-7-28(25,26)21-10-13-8-12(2)14(9-13)18-23-22-16-11-20-17-15(24(16)18)4-5-19-17/h4-5,10-14,19H,3,6-9H2,1-2H3/b21-10+/t12-,13?,14+/m1/s1. The Morgan fingerprint density at radius 2 is 2.25 bits per heavy atom. The highest BCUT2D eigenvalue weighted by Gasteiger charge is 2.35. The Bertz CT molecular complexity index is 1100. The second kappa shape index (κ2) is 7.59. The molecule has 0 saturated heterocycles. The summed E-state index contributed by atoms with van der Waals surface area (Å²) in [6.07, 6.45) is 6.81. The van der Waals surface area contributed by atoms with Gasteiger partial charge in [0.2, 0.25) is 0 Å². The molecule has 3 aromatic heterocycles. The van der Waals surface area contributed by atoms with Crippen molar-refractivity contribution in [2.75, 3.05) is 19.0 Å². The molecule has 1 N–H and O–H groups in total. The Hall–Kier alpha value is -2.33. The SMILES string of the molecule is CCOCCS(=O)(=O)/N=C/C1C[C@@H](C)[C@@H](c2nnc3cnc4[nH]ccc4n23)C1. The average Bonchev–Trinajstić information content (AvgIpc) is 3.37. The van der Waals surface area contributed by atoms with Crippen LogP contribution in [0.5, 0.6) is 0 Å². The largest absolute Gasteiger partial charge is 0.381 e. The third-order valence-corrected chi connectivity index (χ3v) is 6.46. The molecule has 3 aromatic rings. The number of hydrogen-bond donors (Lipinski definition) is 1. The van der Waals surface area contributed by atoms with Crippen LogP contribution in [-0.2, 0) is 14.8 Å². The van der Waals surface area contributed by atoms with Gasteiger partial charge in [0, 0.05) is 24.9 Å². The highest BCUT2D eigenvalue weighted by Crippen LogP contribution is 2.42. The van der Waals surface area contributed by atoms with Gasteiger partial charge in [0.25, 0.3) is 10.0 Å². The van der Waals surface area contributed by atoms with Gasteiger partial charge in [-0.05, 0) is 37.7 Å². The molecule has 28 heavy (non-hydrogen) atoms. The Labute approximate surface area is 163 Å². The summed E-state index contributed by atoms with van der Waals surface area (Å²) in [6, 6.07) is 1.96. The zero-order chi connectivity index (χ0) is 19.7. The molecule has 1 aliphatic carbocycles. The van der Waals surface area contributed by atoms with Crippen LogP contribution in [0.3, 0.4) is 0 Å². The molecule has 0 bridgehead atoms. The lowest BCUT2D eigenvalue weighted by atomic mass is 9.97. The zero-order valence-electron chi connectivity index (χ0n) is 15.9. The zero-order valence-corrected chi connectivity index (χ0v) is 16.8. The maximum absolute atomic E-state index is 12.0. The maximum Gasteiger partial charge on any atom is 0.255 e. The molecule has 3 heterocycles. The predicted molar refractivity (Wildman–Crippen MR) is 106 cm³/mol. The van der Waals surface area contributed by atoms with Crippen LogP contribution in [0, 0.1) is 11.8 Å². The minimum Gasteiger partial charge on any atom is -0.381 e. The number of nitrogens with one attached hydrogen (secondary N) is 1. The maximum atomic E-state index is 12.0. The summed E-state index contributed by atoms with van der Waals surface area (Å²) in [7, 11) is -3.49. The molecule has 3 atom stereocenters. The lowest BCUT2D eigenvalue weighted by molar-refractivity contribution is 0.163. The second-order valence-corrected chi connectivity index (χ2v) is 9.06. The molecule has 0 aromatic carbocycles. The van der Waals surface area contributed by atoms with Crippen molar-refractivity contribution in [3.8, 4) is 0 Å². The van der Waals surface area contributed by atoms with E-state index in [1.165, 1.54) is 0 Å². The number of hydrogen-bond acceptors (Lipinski definition) is 6. The number of aromatic amines is 1. The van der Waals surface area contributed by atoms with E-state index in [2.05, 4.69) is 31.5 Å². The molecule has 0 aliphatic heterocycles. The summed E-state index contributed by atoms with van der Waals surface area (Å²) in [5.41, 5.74) is 2.45. The fourth-order valence-corrected chi connectivity index (χ4v) is 4.75. The number of rotatable bonds is 7. The number of ether oxygens (including phenoxy) is 1. The Morgan fingerprint density at radius 1 is 1.39 bits per heavy atom. The van der Waals surface area contributed by atoms with Gasteiger partial charge in [-0.2, -0.15) is 4.40 Å². The molecular formula is C18H24N6O3S. The van der Waals surface area contributed by atoms with E-state index in [0.29, 0.717) is 18.2 Å². The van der Waals surface area contributed by atoms with Crippen LogP contribution in [0.1, 0.15) is 38.4 Å². The van der Waals surface area contributed by atoms with Crippen LogP contribution in [0.25, 0.3) is 16.8 Å². The number of nitrogens with zero attached hydrogens (tertiary/aromatic N) is 5. The lowest BCUT2D eigenvalue weighted by Gasteiger charge is -2.13. The molecule has 150 valence electrons. The van der Waals surface area contributed by atoms with Gasteiger partial charge < -0.3 is 9.72 Å². The lowest BCUT2D eigenvalue weighted by Crippen LogP contribution is -2.11. The highest BCUT2D eigenvalue weighted by molar-refractivity contribution is 7.90. The quantitative estimate of drug-likeness (QED) is 0.477. The summed E-state index contributed by atoms with van der Waals surface area (Å²) < 4.78 is 35.1. The van der Waals surface area contributed by atoms with Crippen molar-refractivity contribution in [2.45, 2.75) is 32.6 Å². The first-order chi connectivity index (χ1) is 13.5. The van der Waals surface area contributed by atoms with Gasteiger partial charge in [0.15, 0.2) is 11.3 Å².